The third kappa shape index (κ3) is 8.09. The minimum absolute atomic E-state index is 0.0493. The van der Waals surface area contributed by atoms with Crippen molar-refractivity contribution < 1.29 is 24.2 Å². The monoisotopic (exact) mass is 618 g/mol. The van der Waals surface area contributed by atoms with Crippen molar-refractivity contribution in [3.63, 3.8) is 0 Å². The molecule has 0 saturated carbocycles. The third-order valence-electron chi connectivity index (χ3n) is 7.89. The average Bonchev–Trinajstić information content (AvgIpc) is 2.95. The first-order chi connectivity index (χ1) is 21.3. The average molecular weight is 619 g/mol. The van der Waals surface area contributed by atoms with Gasteiger partial charge in [-0.1, -0.05) is 13.0 Å². The molecule has 0 aliphatic carbocycles. The number of carbonyl (C=O) groups is 3. The Hall–Kier alpha value is -4.65. The number of hydrogen-bond acceptors (Lipinski definition) is 9. The van der Waals surface area contributed by atoms with Gasteiger partial charge < -0.3 is 35.2 Å². The Bertz CT molecular complexity index is 1570. The van der Waals surface area contributed by atoms with E-state index < -0.39 is 23.7 Å². The van der Waals surface area contributed by atoms with E-state index >= 15 is 0 Å². The van der Waals surface area contributed by atoms with Gasteiger partial charge in [-0.05, 0) is 64.4 Å². The Morgan fingerprint density at radius 1 is 0.978 bits per heavy atom. The summed E-state index contributed by atoms with van der Waals surface area (Å²) in [7, 11) is 2.10. The lowest BCUT2D eigenvalue weighted by Gasteiger charge is -2.39. The van der Waals surface area contributed by atoms with Crippen molar-refractivity contribution in [2.24, 2.45) is 5.92 Å². The molecular formula is C32H42N8O5. The third-order valence-corrected chi connectivity index (χ3v) is 7.89. The molecule has 2 aliphatic heterocycles. The molecule has 0 radical (unpaired) electrons. The first-order valence-corrected chi connectivity index (χ1v) is 15.2. The Morgan fingerprint density at radius 3 is 2.44 bits per heavy atom. The van der Waals surface area contributed by atoms with Crippen LogP contribution in [0.3, 0.4) is 0 Å². The molecular weight excluding hydrogens is 576 g/mol. The summed E-state index contributed by atoms with van der Waals surface area (Å²) in [5, 5.41) is 18.5. The highest BCUT2D eigenvalue weighted by Crippen LogP contribution is 2.31. The maximum atomic E-state index is 13.8. The van der Waals surface area contributed by atoms with Gasteiger partial charge >= 0.3 is 12.2 Å². The van der Waals surface area contributed by atoms with Crippen molar-refractivity contribution in [2.75, 3.05) is 66.7 Å². The summed E-state index contributed by atoms with van der Waals surface area (Å²) in [6.07, 6.45) is 2.21. The molecule has 4 heterocycles. The summed E-state index contributed by atoms with van der Waals surface area (Å²) in [4.78, 5) is 53.5. The van der Waals surface area contributed by atoms with Gasteiger partial charge in [0.2, 0.25) is 0 Å². The van der Waals surface area contributed by atoms with Crippen LogP contribution in [0.15, 0.2) is 42.7 Å². The van der Waals surface area contributed by atoms with Gasteiger partial charge in [-0.15, -0.1) is 0 Å². The van der Waals surface area contributed by atoms with Crippen LogP contribution in [-0.4, -0.2) is 96.0 Å². The summed E-state index contributed by atoms with van der Waals surface area (Å²) < 4.78 is 5.46. The topological polar surface area (TPSA) is 152 Å². The zero-order chi connectivity index (χ0) is 32.3. The molecule has 0 unspecified atom stereocenters. The molecule has 3 amide bonds. The number of piperidine rings is 1. The smallest absolute Gasteiger partial charge is 0.409 e. The number of carbonyl (C=O) groups excluding carboxylic acids is 2. The Balaban J connectivity index is 1.40. The molecule has 2 fully saturated rings. The maximum Gasteiger partial charge on any atom is 0.409 e. The highest BCUT2D eigenvalue weighted by Gasteiger charge is 2.29. The van der Waals surface area contributed by atoms with Crippen LogP contribution in [0.5, 0.6) is 0 Å². The van der Waals surface area contributed by atoms with Crippen LogP contribution in [0.1, 0.15) is 44.6 Å². The highest BCUT2D eigenvalue weighted by molar-refractivity contribution is 6.11. The van der Waals surface area contributed by atoms with Gasteiger partial charge in [0.1, 0.15) is 5.60 Å². The largest absolute Gasteiger partial charge is 0.465 e. The summed E-state index contributed by atoms with van der Waals surface area (Å²) in [6, 6.07) is 9.09. The van der Waals surface area contributed by atoms with Crippen LogP contribution in [0.25, 0.3) is 10.9 Å². The minimum Gasteiger partial charge on any atom is -0.465 e. The summed E-state index contributed by atoms with van der Waals surface area (Å²) >= 11 is 0. The molecule has 2 aliphatic rings. The van der Waals surface area contributed by atoms with E-state index in [9.17, 15) is 19.5 Å². The molecule has 2 atom stereocenters. The Morgan fingerprint density at radius 2 is 1.73 bits per heavy atom. The molecule has 3 aromatic rings. The van der Waals surface area contributed by atoms with E-state index in [1.165, 1.54) is 0 Å². The van der Waals surface area contributed by atoms with E-state index in [1.54, 1.807) is 18.5 Å². The second-order valence-electron chi connectivity index (χ2n) is 12.9. The van der Waals surface area contributed by atoms with Gasteiger partial charge in [-0.2, -0.15) is 0 Å². The number of hydrogen-bond donors (Lipinski definition) is 4. The molecule has 2 aromatic heterocycles. The number of pyridine rings is 2. The number of amides is 3. The SMILES string of the molecule is C[C@@H]1C[C@@H](NC(=O)OC(C)(C)C)CN(c2ccncc2NC(=O)c2nc3cc(N4CCN(C)CC4)ccc3cc2NC(=O)O)C1. The first-order valence-electron chi connectivity index (χ1n) is 15.2. The number of nitrogens with zero attached hydrogens (tertiary/aromatic N) is 5. The normalized spacial score (nSPS) is 19.2. The zero-order valence-electron chi connectivity index (χ0n) is 26.5. The molecule has 1 aromatic carbocycles. The fourth-order valence-corrected chi connectivity index (χ4v) is 5.87. The Labute approximate surface area is 262 Å². The van der Waals surface area contributed by atoms with Gasteiger partial charge in [-0.3, -0.25) is 15.1 Å². The number of fused-ring (bicyclic) bond motifs is 1. The van der Waals surface area contributed by atoms with Crippen molar-refractivity contribution in [2.45, 2.75) is 45.8 Å². The quantitative estimate of drug-likeness (QED) is 0.312. The van der Waals surface area contributed by atoms with Crippen molar-refractivity contribution in [1.82, 2.24) is 20.2 Å². The summed E-state index contributed by atoms with van der Waals surface area (Å²) in [5.74, 6) is -0.327. The van der Waals surface area contributed by atoms with Crippen molar-refractivity contribution in [3.8, 4) is 0 Å². The van der Waals surface area contributed by atoms with Crippen molar-refractivity contribution >= 4 is 51.7 Å². The highest BCUT2D eigenvalue weighted by atomic mass is 16.6. The predicted octanol–water partition coefficient (Wildman–Crippen LogP) is 4.46. The van der Waals surface area contributed by atoms with Gasteiger partial charge in [0, 0.05) is 62.6 Å². The standard InChI is InChI=1S/C32H42N8O5/c1-20-14-22(34-31(44)45-32(2,3)4)19-40(18-20)27-8-9-33-17-26(27)36-29(41)28-25(37-30(42)43)15-21-6-7-23(16-24(21)35-28)39-12-10-38(5)11-13-39/h6-9,15-17,20,22,37H,10-14,18-19H2,1-5H3,(H,34,44)(H,36,41)(H,42,43)/t20-,22-/m1/s1. The fraction of sp³-hybridized carbons (Fsp3) is 0.469. The second kappa shape index (κ2) is 13.1. The number of alkyl carbamates (subject to hydrolysis) is 1. The molecule has 5 rings (SSSR count). The molecule has 0 bridgehead atoms. The van der Waals surface area contributed by atoms with Crippen LogP contribution in [0.2, 0.25) is 0 Å². The molecule has 13 heteroatoms. The predicted molar refractivity (Wildman–Crippen MR) is 174 cm³/mol. The molecule has 2 saturated heterocycles. The van der Waals surface area contributed by atoms with Crippen molar-refractivity contribution in [1.29, 1.82) is 0 Å². The Kier molecular flexibility index (Phi) is 9.28. The maximum absolute atomic E-state index is 13.8. The number of piperazine rings is 1. The van der Waals surface area contributed by atoms with E-state index in [0.717, 1.165) is 44.0 Å². The number of carboxylic acid groups (broad SMARTS) is 1. The number of likely N-dealkylation sites (N-methyl/N-ethyl adjacent to an activating group) is 1. The molecule has 0 spiro atoms. The van der Waals surface area contributed by atoms with E-state index in [0.29, 0.717) is 29.7 Å². The zero-order valence-corrected chi connectivity index (χ0v) is 26.5. The van der Waals surface area contributed by atoms with Crippen LogP contribution in [0.4, 0.5) is 32.3 Å². The van der Waals surface area contributed by atoms with E-state index in [-0.39, 0.29) is 23.3 Å². The number of rotatable bonds is 6. The van der Waals surface area contributed by atoms with E-state index in [1.807, 2.05) is 45.0 Å². The van der Waals surface area contributed by atoms with Crippen LogP contribution in [-0.2, 0) is 4.74 Å². The van der Waals surface area contributed by atoms with E-state index in [4.69, 9.17) is 4.74 Å². The number of nitrogens with one attached hydrogen (secondary N) is 3. The lowest BCUT2D eigenvalue weighted by molar-refractivity contribution is 0.0495. The minimum atomic E-state index is -1.30. The number of ether oxygens (including phenoxy) is 1. The first kappa shape index (κ1) is 31.8. The van der Waals surface area contributed by atoms with Crippen LogP contribution in [0, 0.1) is 5.92 Å². The van der Waals surface area contributed by atoms with E-state index in [2.05, 4.69) is 54.6 Å². The summed E-state index contributed by atoms with van der Waals surface area (Å²) in [6.45, 7) is 12.4. The number of aromatic nitrogens is 2. The van der Waals surface area contributed by atoms with Crippen molar-refractivity contribution in [3.05, 3.63) is 48.4 Å². The second-order valence-corrected chi connectivity index (χ2v) is 12.9. The number of anilines is 4. The molecule has 45 heavy (non-hydrogen) atoms. The van der Waals surface area contributed by atoms with Crippen LogP contribution < -0.4 is 25.8 Å². The lowest BCUT2D eigenvalue weighted by Crippen LogP contribution is -2.51. The fourth-order valence-electron chi connectivity index (χ4n) is 5.87. The summed E-state index contributed by atoms with van der Waals surface area (Å²) in [5.41, 5.74) is 2.18. The van der Waals surface area contributed by atoms with Gasteiger partial charge in [0.15, 0.2) is 5.69 Å². The molecule has 240 valence electrons. The van der Waals surface area contributed by atoms with Crippen LogP contribution >= 0.6 is 0 Å². The molecule has 4 N–H and O–H groups in total. The number of benzene rings is 1. The van der Waals surface area contributed by atoms with Gasteiger partial charge in [0.05, 0.1) is 28.8 Å². The van der Waals surface area contributed by atoms with Gasteiger partial charge in [0.25, 0.3) is 5.91 Å². The lowest BCUT2D eigenvalue weighted by atomic mass is 9.95. The molecule has 13 nitrogen and oxygen atoms in total. The van der Waals surface area contributed by atoms with Gasteiger partial charge in [-0.25, -0.2) is 14.6 Å².